The van der Waals surface area contributed by atoms with Crippen LogP contribution in [-0.4, -0.2) is 13.7 Å². The molecule has 0 fully saturated rings. The maximum atomic E-state index is 13.5. The van der Waals surface area contributed by atoms with E-state index in [0.717, 1.165) is 12.1 Å². The molecule has 0 atom stereocenters. The number of nitrogen functional groups attached to an aromatic ring is 1. The van der Waals surface area contributed by atoms with E-state index in [1.165, 1.54) is 7.11 Å². The number of anilines is 1. The van der Waals surface area contributed by atoms with E-state index in [2.05, 4.69) is 4.74 Å². The van der Waals surface area contributed by atoms with E-state index in [1.54, 1.807) is 24.3 Å². The fourth-order valence-corrected chi connectivity index (χ4v) is 1.65. The van der Waals surface area contributed by atoms with Gasteiger partial charge in [0.2, 0.25) is 0 Å². The molecule has 0 aliphatic heterocycles. The highest BCUT2D eigenvalue weighted by Gasteiger charge is 2.15. The van der Waals surface area contributed by atoms with E-state index < -0.39 is 18.2 Å². The minimum absolute atomic E-state index is 0.0171. The number of para-hydroxylation sites is 2. The summed E-state index contributed by atoms with van der Waals surface area (Å²) in [6.45, 7) is -3.15. The summed E-state index contributed by atoms with van der Waals surface area (Å²) >= 11 is 0. The Labute approximate surface area is 118 Å². The number of rotatable bonds is 5. The molecule has 0 saturated heterocycles. The van der Waals surface area contributed by atoms with Crippen molar-refractivity contribution < 1.29 is 27.4 Å². The van der Waals surface area contributed by atoms with Gasteiger partial charge in [-0.1, -0.05) is 12.1 Å². The highest BCUT2D eigenvalue weighted by atomic mass is 19.3. The quantitative estimate of drug-likeness (QED) is 0.853. The summed E-state index contributed by atoms with van der Waals surface area (Å²) in [6, 6.07) is 8.46. The largest absolute Gasteiger partial charge is 0.493 e. The molecule has 0 saturated carbocycles. The maximum absolute atomic E-state index is 13.5. The zero-order valence-electron chi connectivity index (χ0n) is 11.0. The third-order valence-electron chi connectivity index (χ3n) is 2.57. The van der Waals surface area contributed by atoms with Crippen LogP contribution in [0.2, 0.25) is 0 Å². The van der Waals surface area contributed by atoms with E-state index in [9.17, 15) is 13.2 Å². The van der Waals surface area contributed by atoms with Crippen LogP contribution in [0.4, 0.5) is 18.9 Å². The molecule has 2 aromatic carbocycles. The number of ether oxygens (including phenoxy) is 3. The van der Waals surface area contributed by atoms with Gasteiger partial charge in [0.15, 0.2) is 28.8 Å². The molecule has 2 aromatic rings. The summed E-state index contributed by atoms with van der Waals surface area (Å²) in [7, 11) is 1.45. The lowest BCUT2D eigenvalue weighted by Crippen LogP contribution is -2.05. The molecule has 0 heterocycles. The monoisotopic (exact) mass is 299 g/mol. The molecule has 0 aliphatic rings. The summed E-state index contributed by atoms with van der Waals surface area (Å²) < 4.78 is 52.5. The van der Waals surface area contributed by atoms with E-state index in [1.807, 2.05) is 0 Å². The molecular weight excluding hydrogens is 287 g/mol. The standard InChI is InChI=1S/C14H12F3NO3/c1-19-10-4-2-3-5-11(10)20-13-7-12(21-14(16)17)8(15)6-9(13)18/h2-7,14H,18H2,1H3. The summed E-state index contributed by atoms with van der Waals surface area (Å²) in [5, 5.41) is 0. The summed E-state index contributed by atoms with van der Waals surface area (Å²) in [5.74, 6) is -0.945. The van der Waals surface area contributed by atoms with Crippen LogP contribution in [0, 0.1) is 5.82 Å². The van der Waals surface area contributed by atoms with Crippen molar-refractivity contribution in [3.05, 3.63) is 42.2 Å². The summed E-state index contributed by atoms with van der Waals surface area (Å²) in [5.41, 5.74) is 5.56. The average Bonchev–Trinajstić information content (AvgIpc) is 2.44. The zero-order chi connectivity index (χ0) is 15.4. The topological polar surface area (TPSA) is 53.7 Å². The molecule has 0 amide bonds. The first-order chi connectivity index (χ1) is 10.0. The highest BCUT2D eigenvalue weighted by Crippen LogP contribution is 2.37. The van der Waals surface area contributed by atoms with Gasteiger partial charge in [-0.15, -0.1) is 0 Å². The normalized spacial score (nSPS) is 10.5. The van der Waals surface area contributed by atoms with Crippen LogP contribution >= 0.6 is 0 Å². The van der Waals surface area contributed by atoms with Crippen molar-refractivity contribution in [2.75, 3.05) is 12.8 Å². The van der Waals surface area contributed by atoms with Gasteiger partial charge in [0.25, 0.3) is 0 Å². The molecule has 112 valence electrons. The van der Waals surface area contributed by atoms with Crippen LogP contribution in [0.1, 0.15) is 0 Å². The molecule has 0 aromatic heterocycles. The molecule has 4 nitrogen and oxygen atoms in total. The van der Waals surface area contributed by atoms with Crippen molar-refractivity contribution in [1.29, 1.82) is 0 Å². The van der Waals surface area contributed by atoms with Gasteiger partial charge in [0.05, 0.1) is 12.8 Å². The molecule has 0 bridgehead atoms. The molecule has 0 radical (unpaired) electrons. The second kappa shape index (κ2) is 6.25. The summed E-state index contributed by atoms with van der Waals surface area (Å²) in [6.07, 6.45) is 0. The van der Waals surface area contributed by atoms with Crippen molar-refractivity contribution in [2.24, 2.45) is 0 Å². The van der Waals surface area contributed by atoms with Crippen LogP contribution in [0.3, 0.4) is 0 Å². The molecule has 7 heteroatoms. The van der Waals surface area contributed by atoms with Gasteiger partial charge in [0, 0.05) is 12.1 Å². The van der Waals surface area contributed by atoms with Gasteiger partial charge < -0.3 is 19.9 Å². The Hall–Kier alpha value is -2.57. The minimum Gasteiger partial charge on any atom is -0.493 e. The van der Waals surface area contributed by atoms with Gasteiger partial charge >= 0.3 is 6.61 Å². The number of methoxy groups -OCH3 is 1. The lowest BCUT2D eigenvalue weighted by atomic mass is 10.2. The number of hydrogen-bond acceptors (Lipinski definition) is 4. The SMILES string of the molecule is COc1ccccc1Oc1cc(OC(F)F)c(F)cc1N. The van der Waals surface area contributed by atoms with Crippen molar-refractivity contribution in [2.45, 2.75) is 6.61 Å². The molecule has 2 N–H and O–H groups in total. The number of benzene rings is 2. The van der Waals surface area contributed by atoms with Gasteiger partial charge in [0.1, 0.15) is 0 Å². The number of nitrogens with two attached hydrogens (primary N) is 1. The van der Waals surface area contributed by atoms with Crippen molar-refractivity contribution in [3.63, 3.8) is 0 Å². The maximum Gasteiger partial charge on any atom is 0.387 e. The van der Waals surface area contributed by atoms with Gasteiger partial charge in [-0.3, -0.25) is 0 Å². The second-order valence-corrected chi connectivity index (χ2v) is 3.95. The lowest BCUT2D eigenvalue weighted by Gasteiger charge is -2.13. The van der Waals surface area contributed by atoms with E-state index in [4.69, 9.17) is 15.2 Å². The Morgan fingerprint density at radius 1 is 1.00 bits per heavy atom. The zero-order valence-corrected chi connectivity index (χ0v) is 11.0. The Kier molecular flexibility index (Phi) is 4.42. The van der Waals surface area contributed by atoms with Crippen molar-refractivity contribution in [3.8, 4) is 23.0 Å². The Balaban J connectivity index is 2.35. The average molecular weight is 299 g/mol. The molecule has 0 spiro atoms. The van der Waals surface area contributed by atoms with Gasteiger partial charge in [-0.2, -0.15) is 8.78 Å². The third-order valence-corrected chi connectivity index (χ3v) is 2.57. The fraction of sp³-hybridized carbons (Fsp3) is 0.143. The summed E-state index contributed by atoms with van der Waals surface area (Å²) in [4.78, 5) is 0. The van der Waals surface area contributed by atoms with E-state index >= 15 is 0 Å². The Morgan fingerprint density at radius 2 is 1.67 bits per heavy atom. The number of halogens is 3. The first-order valence-electron chi connectivity index (χ1n) is 5.86. The van der Waals surface area contributed by atoms with Crippen molar-refractivity contribution in [1.82, 2.24) is 0 Å². The van der Waals surface area contributed by atoms with E-state index in [0.29, 0.717) is 11.5 Å². The smallest absolute Gasteiger partial charge is 0.387 e. The lowest BCUT2D eigenvalue weighted by molar-refractivity contribution is -0.0522. The molecular formula is C14H12F3NO3. The first-order valence-corrected chi connectivity index (χ1v) is 5.86. The third kappa shape index (κ3) is 3.50. The van der Waals surface area contributed by atoms with Crippen LogP contribution < -0.4 is 19.9 Å². The van der Waals surface area contributed by atoms with Crippen LogP contribution in [-0.2, 0) is 0 Å². The molecule has 0 unspecified atom stereocenters. The second-order valence-electron chi connectivity index (χ2n) is 3.95. The number of hydrogen-bond donors (Lipinski definition) is 1. The van der Waals surface area contributed by atoms with Crippen LogP contribution in [0.5, 0.6) is 23.0 Å². The van der Waals surface area contributed by atoms with Crippen LogP contribution in [0.15, 0.2) is 36.4 Å². The molecule has 2 rings (SSSR count). The Bertz CT molecular complexity index is 635. The number of alkyl halides is 2. The van der Waals surface area contributed by atoms with Crippen molar-refractivity contribution >= 4 is 5.69 Å². The van der Waals surface area contributed by atoms with Gasteiger partial charge in [-0.25, -0.2) is 4.39 Å². The van der Waals surface area contributed by atoms with Gasteiger partial charge in [-0.05, 0) is 12.1 Å². The minimum atomic E-state index is -3.15. The van der Waals surface area contributed by atoms with E-state index in [-0.39, 0.29) is 11.4 Å². The molecule has 0 aliphatic carbocycles. The Morgan fingerprint density at radius 3 is 2.29 bits per heavy atom. The molecule has 21 heavy (non-hydrogen) atoms. The highest BCUT2D eigenvalue weighted by molar-refractivity contribution is 5.58. The van der Waals surface area contributed by atoms with Crippen LogP contribution in [0.25, 0.3) is 0 Å². The predicted molar refractivity (Wildman–Crippen MR) is 70.5 cm³/mol. The first kappa shape index (κ1) is 14.8. The fourth-order valence-electron chi connectivity index (χ4n) is 1.65. The predicted octanol–water partition coefficient (Wildman–Crippen LogP) is 3.81.